The van der Waals surface area contributed by atoms with Crippen molar-refractivity contribution in [3.05, 3.63) is 54.0 Å². The van der Waals surface area contributed by atoms with Crippen LogP contribution < -0.4 is 10.6 Å². The molecule has 2 rings (SSSR count). The first-order chi connectivity index (χ1) is 13.2. The number of nitrogens with one attached hydrogen (secondary N) is 2. The van der Waals surface area contributed by atoms with Gasteiger partial charge < -0.3 is 19.8 Å². The van der Waals surface area contributed by atoms with Gasteiger partial charge in [-0.15, -0.1) is 0 Å². The maximum atomic E-state index is 12.6. The molecule has 2 aromatic rings. The maximum absolute atomic E-state index is 12.6. The molecule has 0 radical (unpaired) electrons. The molecule has 7 nitrogen and oxygen atoms in total. The van der Waals surface area contributed by atoms with Gasteiger partial charge in [-0.3, -0.25) is 14.4 Å². The Balaban J connectivity index is 1.68. The van der Waals surface area contributed by atoms with Crippen molar-refractivity contribution in [2.75, 3.05) is 11.9 Å². The number of hydrogen-bond donors (Lipinski definition) is 2. The Bertz CT molecular complexity index is 819. The lowest BCUT2D eigenvalue weighted by atomic mass is 10.2. The fourth-order valence-electron chi connectivity index (χ4n) is 2.09. The molecule has 1 aromatic carbocycles. The average molecular weight is 398 g/mol. The summed E-state index contributed by atoms with van der Waals surface area (Å²) in [5.74, 6) is -1.42. The van der Waals surface area contributed by atoms with Crippen LogP contribution in [0.15, 0.2) is 47.1 Å². The Labute approximate surface area is 157 Å². The van der Waals surface area contributed by atoms with Gasteiger partial charge in [-0.1, -0.05) is 6.07 Å². The minimum Gasteiger partial charge on any atom is -0.467 e. The molecule has 0 unspecified atom stereocenters. The first-order valence-electron chi connectivity index (χ1n) is 8.16. The van der Waals surface area contributed by atoms with Crippen LogP contribution in [0, 0.1) is 0 Å². The van der Waals surface area contributed by atoms with Crippen LogP contribution in [0.25, 0.3) is 0 Å². The van der Waals surface area contributed by atoms with Crippen molar-refractivity contribution in [2.45, 2.75) is 25.6 Å². The molecule has 0 aliphatic carbocycles. The van der Waals surface area contributed by atoms with Crippen molar-refractivity contribution in [3.63, 3.8) is 0 Å². The molecule has 0 atom stereocenters. The summed E-state index contributed by atoms with van der Waals surface area (Å²) in [5.41, 5.74) is -0.990. The topological polar surface area (TPSA) is 97.6 Å². The summed E-state index contributed by atoms with van der Waals surface area (Å²) in [5, 5.41) is 4.75. The number of furan rings is 1. The number of carbonyl (C=O) groups is 3. The molecule has 0 bridgehead atoms. The third-order valence-corrected chi connectivity index (χ3v) is 3.43. The third-order valence-electron chi connectivity index (χ3n) is 3.43. The highest BCUT2D eigenvalue weighted by Gasteiger charge is 2.30. The number of amides is 2. The number of benzene rings is 1. The number of ether oxygens (including phenoxy) is 1. The van der Waals surface area contributed by atoms with Gasteiger partial charge in [0.25, 0.3) is 5.91 Å². The molecule has 28 heavy (non-hydrogen) atoms. The van der Waals surface area contributed by atoms with E-state index in [1.54, 1.807) is 12.1 Å². The van der Waals surface area contributed by atoms with Crippen LogP contribution in [0.1, 0.15) is 24.2 Å². The fraction of sp³-hybridized carbons (Fsp3) is 0.278. The molecule has 2 N–H and O–H groups in total. The number of rotatable bonds is 8. The van der Waals surface area contributed by atoms with Crippen LogP contribution in [0.3, 0.4) is 0 Å². The lowest BCUT2D eigenvalue weighted by Gasteiger charge is -2.10. The van der Waals surface area contributed by atoms with Gasteiger partial charge in [0.2, 0.25) is 5.91 Å². The smallest absolute Gasteiger partial charge is 0.416 e. The van der Waals surface area contributed by atoms with E-state index >= 15 is 0 Å². The fourth-order valence-corrected chi connectivity index (χ4v) is 2.09. The molecule has 0 aliphatic heterocycles. The Kier molecular flexibility index (Phi) is 7.19. The summed E-state index contributed by atoms with van der Waals surface area (Å²) in [6, 6.07) is 7.40. The van der Waals surface area contributed by atoms with Crippen molar-refractivity contribution in [1.29, 1.82) is 0 Å². The van der Waals surface area contributed by atoms with Gasteiger partial charge in [-0.2, -0.15) is 13.2 Å². The van der Waals surface area contributed by atoms with Crippen LogP contribution >= 0.6 is 0 Å². The number of carbonyl (C=O) groups excluding carboxylic acids is 3. The normalized spacial score (nSPS) is 11.0. The Morgan fingerprint density at radius 1 is 1.04 bits per heavy atom. The highest BCUT2D eigenvalue weighted by Crippen LogP contribution is 2.30. The van der Waals surface area contributed by atoms with Gasteiger partial charge in [0, 0.05) is 12.1 Å². The van der Waals surface area contributed by atoms with Crippen LogP contribution in [0.2, 0.25) is 0 Å². The molecule has 0 aliphatic rings. The zero-order valence-electron chi connectivity index (χ0n) is 14.5. The van der Waals surface area contributed by atoms with Crippen LogP contribution in [0.5, 0.6) is 0 Å². The van der Waals surface area contributed by atoms with Gasteiger partial charge in [0.1, 0.15) is 5.76 Å². The van der Waals surface area contributed by atoms with Crippen molar-refractivity contribution in [3.8, 4) is 0 Å². The largest absolute Gasteiger partial charge is 0.467 e. The molecule has 1 aromatic heterocycles. The number of hydrogen-bond acceptors (Lipinski definition) is 5. The summed E-state index contributed by atoms with van der Waals surface area (Å²) in [4.78, 5) is 34.9. The minimum absolute atomic E-state index is 0.0758. The molecule has 0 spiro atoms. The Morgan fingerprint density at radius 2 is 1.82 bits per heavy atom. The van der Waals surface area contributed by atoms with Crippen LogP contribution in [0.4, 0.5) is 18.9 Å². The van der Waals surface area contributed by atoms with Gasteiger partial charge in [-0.25, -0.2) is 0 Å². The molecule has 1 heterocycles. The third kappa shape index (κ3) is 7.14. The quantitative estimate of drug-likeness (QED) is 0.667. The van der Waals surface area contributed by atoms with Gasteiger partial charge >= 0.3 is 12.1 Å². The first-order valence-corrected chi connectivity index (χ1v) is 8.16. The lowest BCUT2D eigenvalue weighted by Crippen LogP contribution is -2.24. The Hall–Kier alpha value is -3.30. The van der Waals surface area contributed by atoms with Gasteiger partial charge in [0.15, 0.2) is 6.61 Å². The highest BCUT2D eigenvalue weighted by molar-refractivity contribution is 5.93. The van der Waals surface area contributed by atoms with E-state index in [1.807, 2.05) is 0 Å². The zero-order chi connectivity index (χ0) is 20.6. The van der Waals surface area contributed by atoms with E-state index in [2.05, 4.69) is 10.6 Å². The number of alkyl halides is 3. The van der Waals surface area contributed by atoms with E-state index < -0.39 is 36.1 Å². The summed E-state index contributed by atoms with van der Waals surface area (Å²) in [6.45, 7) is -0.497. The number of halogens is 3. The summed E-state index contributed by atoms with van der Waals surface area (Å²) in [7, 11) is 0. The van der Waals surface area contributed by atoms with Gasteiger partial charge in [0.05, 0.1) is 24.8 Å². The van der Waals surface area contributed by atoms with E-state index in [4.69, 9.17) is 9.15 Å². The predicted octanol–water partition coefficient (Wildman–Crippen LogP) is 2.88. The van der Waals surface area contributed by atoms with Crippen molar-refractivity contribution >= 4 is 23.5 Å². The molecule has 0 saturated heterocycles. The summed E-state index contributed by atoms with van der Waals surface area (Å²) >= 11 is 0. The molecular formula is C18H17F3N2O5. The number of esters is 1. The number of anilines is 1. The van der Waals surface area contributed by atoms with E-state index in [0.717, 1.165) is 18.2 Å². The van der Waals surface area contributed by atoms with Gasteiger partial charge in [-0.05, 0) is 30.3 Å². The Morgan fingerprint density at radius 3 is 2.50 bits per heavy atom. The monoisotopic (exact) mass is 398 g/mol. The van der Waals surface area contributed by atoms with Crippen LogP contribution in [-0.2, 0) is 31.8 Å². The molecule has 0 saturated carbocycles. The van der Waals surface area contributed by atoms with Crippen molar-refractivity contribution in [1.82, 2.24) is 5.32 Å². The second-order valence-corrected chi connectivity index (χ2v) is 5.64. The first kappa shape index (κ1) is 21.0. The van der Waals surface area contributed by atoms with Crippen molar-refractivity contribution in [2.24, 2.45) is 0 Å². The summed E-state index contributed by atoms with van der Waals surface area (Å²) < 4.78 is 47.6. The van der Waals surface area contributed by atoms with Crippen LogP contribution in [-0.4, -0.2) is 24.4 Å². The molecule has 150 valence electrons. The highest BCUT2D eigenvalue weighted by atomic mass is 19.4. The molecule has 2 amide bonds. The second kappa shape index (κ2) is 9.58. The zero-order valence-corrected chi connectivity index (χ0v) is 14.5. The second-order valence-electron chi connectivity index (χ2n) is 5.64. The van der Waals surface area contributed by atoms with E-state index in [0.29, 0.717) is 5.76 Å². The minimum atomic E-state index is -4.54. The van der Waals surface area contributed by atoms with E-state index in [1.165, 1.54) is 12.3 Å². The predicted molar refractivity (Wildman–Crippen MR) is 90.8 cm³/mol. The summed E-state index contributed by atoms with van der Waals surface area (Å²) in [6.07, 6.45) is -3.47. The standard InChI is InChI=1S/C18H17F3N2O5/c19-18(20,21)12-3-1-4-13(9-12)23-16(25)11-28-17(26)7-6-15(24)22-10-14-5-2-8-27-14/h1-5,8-9H,6-7,10-11H2,(H,22,24)(H,23,25). The molecule has 0 fully saturated rings. The molecular weight excluding hydrogens is 381 g/mol. The average Bonchev–Trinajstić information content (AvgIpc) is 3.16. The van der Waals surface area contributed by atoms with Crippen molar-refractivity contribution < 1.29 is 36.7 Å². The SMILES string of the molecule is O=C(CCC(=O)OCC(=O)Nc1cccc(C(F)(F)F)c1)NCc1ccco1. The van der Waals surface area contributed by atoms with E-state index in [9.17, 15) is 27.6 Å². The maximum Gasteiger partial charge on any atom is 0.416 e. The molecule has 10 heteroatoms. The van der Waals surface area contributed by atoms with E-state index in [-0.39, 0.29) is 25.1 Å². The lowest BCUT2D eigenvalue weighted by molar-refractivity contribution is -0.148.